The molecule has 20 heavy (non-hydrogen) atoms. The number of hydrogen-bond donors (Lipinski definition) is 2. The molecule has 1 aromatic rings. The number of nitrogens with one attached hydrogen (secondary N) is 1. The smallest absolute Gasteiger partial charge is 0.335 e. The van der Waals surface area contributed by atoms with E-state index in [9.17, 15) is 14.9 Å². The number of carboxylic acids is 1. The molecule has 0 heterocycles. The molecule has 0 aliphatic heterocycles. The van der Waals surface area contributed by atoms with Gasteiger partial charge in [-0.3, -0.25) is 10.1 Å². The Morgan fingerprint density at radius 3 is 2.75 bits per heavy atom. The summed E-state index contributed by atoms with van der Waals surface area (Å²) in [6.45, 7) is 0.435. The summed E-state index contributed by atoms with van der Waals surface area (Å²) in [5.74, 6) is -1.14. The van der Waals surface area contributed by atoms with Crippen LogP contribution in [0.3, 0.4) is 0 Å². The van der Waals surface area contributed by atoms with Gasteiger partial charge < -0.3 is 10.4 Å². The van der Waals surface area contributed by atoms with Crippen LogP contribution in [0.1, 0.15) is 29.6 Å². The molecule has 1 aliphatic carbocycles. The number of nitro benzene ring substituents is 1. The normalized spacial score (nSPS) is 15.2. The van der Waals surface area contributed by atoms with Gasteiger partial charge >= 0.3 is 5.97 Å². The minimum Gasteiger partial charge on any atom is -0.478 e. The van der Waals surface area contributed by atoms with Crippen molar-refractivity contribution in [1.82, 2.24) is 0 Å². The molecule has 0 bridgehead atoms. The van der Waals surface area contributed by atoms with Crippen molar-refractivity contribution in [1.29, 1.82) is 5.26 Å². The molecule has 0 saturated heterocycles. The summed E-state index contributed by atoms with van der Waals surface area (Å²) in [4.78, 5) is 21.3. The molecule has 2 rings (SSSR count). The van der Waals surface area contributed by atoms with Gasteiger partial charge in [0.1, 0.15) is 5.69 Å². The summed E-state index contributed by atoms with van der Waals surface area (Å²) in [7, 11) is 0. The van der Waals surface area contributed by atoms with Gasteiger partial charge in [-0.25, -0.2) is 4.79 Å². The molecule has 1 saturated carbocycles. The number of carbonyl (C=O) groups is 1. The Balaban J connectivity index is 2.20. The van der Waals surface area contributed by atoms with Gasteiger partial charge in [-0.2, -0.15) is 5.26 Å². The number of rotatable bonds is 6. The number of nitrogens with zero attached hydrogens (tertiary/aromatic N) is 2. The van der Waals surface area contributed by atoms with E-state index in [1.165, 1.54) is 18.2 Å². The fraction of sp³-hybridized carbons (Fsp3) is 0.385. The van der Waals surface area contributed by atoms with Gasteiger partial charge in [0.15, 0.2) is 0 Å². The van der Waals surface area contributed by atoms with Crippen LogP contribution in [0.2, 0.25) is 0 Å². The molecule has 1 aromatic carbocycles. The van der Waals surface area contributed by atoms with Gasteiger partial charge in [0.25, 0.3) is 5.69 Å². The largest absolute Gasteiger partial charge is 0.478 e. The molecule has 0 amide bonds. The van der Waals surface area contributed by atoms with E-state index < -0.39 is 10.9 Å². The van der Waals surface area contributed by atoms with Gasteiger partial charge in [0, 0.05) is 24.4 Å². The average Bonchev–Trinajstić information content (AvgIpc) is 3.16. The second-order valence-electron chi connectivity index (χ2n) is 4.98. The summed E-state index contributed by atoms with van der Waals surface area (Å²) in [5.41, 5.74) is -0.118. The van der Waals surface area contributed by atoms with Crippen LogP contribution >= 0.6 is 0 Å². The number of carboxylic acid groups (broad SMARTS) is 1. The zero-order valence-corrected chi connectivity index (χ0v) is 10.6. The summed E-state index contributed by atoms with van der Waals surface area (Å²) in [6.07, 6.45) is 2.20. The molecule has 1 fully saturated rings. The summed E-state index contributed by atoms with van der Waals surface area (Å²) >= 11 is 0. The second kappa shape index (κ2) is 5.17. The molecule has 0 unspecified atom stereocenters. The van der Waals surface area contributed by atoms with Crippen LogP contribution in [-0.2, 0) is 0 Å². The molecule has 0 radical (unpaired) electrons. The first-order valence-electron chi connectivity index (χ1n) is 6.10. The van der Waals surface area contributed by atoms with Crippen LogP contribution in [0.5, 0.6) is 0 Å². The van der Waals surface area contributed by atoms with E-state index in [1.54, 1.807) is 0 Å². The van der Waals surface area contributed by atoms with Crippen molar-refractivity contribution in [2.75, 3.05) is 11.9 Å². The van der Waals surface area contributed by atoms with Crippen LogP contribution in [-0.4, -0.2) is 22.5 Å². The molecule has 0 atom stereocenters. The summed E-state index contributed by atoms with van der Waals surface area (Å²) < 4.78 is 0. The van der Waals surface area contributed by atoms with E-state index in [2.05, 4.69) is 11.4 Å². The Hall–Kier alpha value is -2.62. The van der Waals surface area contributed by atoms with E-state index in [-0.39, 0.29) is 22.4 Å². The molecular weight excluding hydrogens is 262 g/mol. The number of benzene rings is 1. The van der Waals surface area contributed by atoms with E-state index >= 15 is 0 Å². The molecule has 1 aliphatic rings. The Kier molecular flexibility index (Phi) is 3.57. The Morgan fingerprint density at radius 2 is 2.25 bits per heavy atom. The van der Waals surface area contributed by atoms with E-state index in [0.29, 0.717) is 13.0 Å². The fourth-order valence-electron chi connectivity index (χ4n) is 2.01. The lowest BCUT2D eigenvalue weighted by molar-refractivity contribution is -0.384. The highest BCUT2D eigenvalue weighted by molar-refractivity contribution is 5.90. The quantitative estimate of drug-likeness (QED) is 0.608. The first kappa shape index (κ1) is 13.8. The third kappa shape index (κ3) is 2.85. The number of nitriles is 1. The van der Waals surface area contributed by atoms with Crippen LogP contribution in [0.25, 0.3) is 0 Å². The lowest BCUT2D eigenvalue weighted by Gasteiger charge is -2.13. The van der Waals surface area contributed by atoms with Crippen molar-refractivity contribution >= 4 is 17.3 Å². The predicted octanol–water partition coefficient (Wildman–Crippen LogP) is 2.40. The van der Waals surface area contributed by atoms with Gasteiger partial charge in [0.2, 0.25) is 0 Å². The van der Waals surface area contributed by atoms with Gasteiger partial charge in [-0.15, -0.1) is 0 Å². The highest BCUT2D eigenvalue weighted by Crippen LogP contribution is 2.48. The first-order valence-corrected chi connectivity index (χ1v) is 6.10. The number of nitro groups is 1. The fourth-order valence-corrected chi connectivity index (χ4v) is 2.01. The number of aromatic carboxylic acids is 1. The van der Waals surface area contributed by atoms with Crippen LogP contribution in [0.15, 0.2) is 18.2 Å². The third-order valence-corrected chi connectivity index (χ3v) is 3.51. The monoisotopic (exact) mass is 275 g/mol. The molecule has 2 N–H and O–H groups in total. The molecule has 7 nitrogen and oxygen atoms in total. The topological polar surface area (TPSA) is 116 Å². The summed E-state index contributed by atoms with van der Waals surface area (Å²) in [5, 5.41) is 31.5. The lowest BCUT2D eigenvalue weighted by atomic mass is 10.0. The maximum Gasteiger partial charge on any atom is 0.335 e. The standard InChI is InChI=1S/C13H13N3O4/c14-6-5-13(3-4-13)8-15-10-7-9(12(17)18)1-2-11(10)16(19)20/h1-2,7,15H,3-5,8H2,(H,17,18). The molecule has 0 aromatic heterocycles. The molecular formula is C13H13N3O4. The van der Waals surface area contributed by atoms with Crippen LogP contribution in [0, 0.1) is 26.9 Å². The SMILES string of the molecule is N#CCC1(CNc2cc(C(=O)O)ccc2[N+](=O)[O-])CC1. The molecule has 104 valence electrons. The zero-order chi connectivity index (χ0) is 14.8. The summed E-state index contributed by atoms with van der Waals surface area (Å²) in [6, 6.07) is 5.74. The van der Waals surface area contributed by atoms with Crippen molar-refractivity contribution < 1.29 is 14.8 Å². The Bertz CT molecular complexity index is 602. The van der Waals surface area contributed by atoms with Gasteiger partial charge in [-0.1, -0.05) is 0 Å². The van der Waals surface area contributed by atoms with Crippen LogP contribution < -0.4 is 5.32 Å². The van der Waals surface area contributed by atoms with E-state index in [4.69, 9.17) is 10.4 Å². The maximum absolute atomic E-state index is 10.9. The molecule has 0 spiro atoms. The van der Waals surface area contributed by atoms with Crippen molar-refractivity contribution in [2.24, 2.45) is 5.41 Å². The Morgan fingerprint density at radius 1 is 1.55 bits per heavy atom. The predicted molar refractivity (Wildman–Crippen MR) is 70.4 cm³/mol. The minimum atomic E-state index is -1.14. The lowest BCUT2D eigenvalue weighted by Crippen LogP contribution is -2.16. The van der Waals surface area contributed by atoms with Gasteiger partial charge in [0.05, 0.1) is 16.6 Å². The Labute approximate surface area is 115 Å². The number of anilines is 1. The second-order valence-corrected chi connectivity index (χ2v) is 4.98. The minimum absolute atomic E-state index is 0.0109. The third-order valence-electron chi connectivity index (χ3n) is 3.51. The maximum atomic E-state index is 10.9. The molecule has 7 heteroatoms. The van der Waals surface area contributed by atoms with Gasteiger partial charge in [-0.05, 0) is 25.0 Å². The highest BCUT2D eigenvalue weighted by Gasteiger charge is 2.42. The highest BCUT2D eigenvalue weighted by atomic mass is 16.6. The van der Waals surface area contributed by atoms with E-state index in [0.717, 1.165) is 12.8 Å². The zero-order valence-electron chi connectivity index (χ0n) is 10.6. The van der Waals surface area contributed by atoms with Crippen LogP contribution in [0.4, 0.5) is 11.4 Å². The number of hydrogen-bond acceptors (Lipinski definition) is 5. The van der Waals surface area contributed by atoms with Crippen molar-refractivity contribution in [3.8, 4) is 6.07 Å². The van der Waals surface area contributed by atoms with Crippen molar-refractivity contribution in [3.05, 3.63) is 33.9 Å². The average molecular weight is 275 g/mol. The van der Waals surface area contributed by atoms with Crippen molar-refractivity contribution in [2.45, 2.75) is 19.3 Å². The van der Waals surface area contributed by atoms with Crippen molar-refractivity contribution in [3.63, 3.8) is 0 Å². The van der Waals surface area contributed by atoms with E-state index in [1.807, 2.05) is 0 Å². The first-order chi connectivity index (χ1) is 9.47.